The molecular weight excluding hydrogens is 378 g/mol. The number of anilines is 2. The van der Waals surface area contributed by atoms with Crippen molar-refractivity contribution < 1.29 is 14.7 Å². The number of rotatable bonds is 3. The zero-order valence-corrected chi connectivity index (χ0v) is 16.3. The summed E-state index contributed by atoms with van der Waals surface area (Å²) in [5.74, 6) is 0.0361. The number of halogens is 1. The number of nitrogens with zero attached hydrogens (tertiary/aromatic N) is 2. The number of hydrogen-bond donors (Lipinski definition) is 2. The van der Waals surface area contributed by atoms with Crippen molar-refractivity contribution in [3.63, 3.8) is 0 Å². The number of aliphatic hydroxyl groups excluding tert-OH is 1. The van der Waals surface area contributed by atoms with Crippen molar-refractivity contribution in [2.75, 3.05) is 23.4 Å². The van der Waals surface area contributed by atoms with Gasteiger partial charge in [0.2, 0.25) is 5.91 Å². The number of para-hydroxylation sites is 1. The summed E-state index contributed by atoms with van der Waals surface area (Å²) < 4.78 is 0. The zero-order chi connectivity index (χ0) is 19.8. The molecule has 0 aliphatic carbocycles. The summed E-state index contributed by atoms with van der Waals surface area (Å²) in [6, 6.07) is 14.0. The third kappa shape index (κ3) is 3.02. The Morgan fingerprint density at radius 2 is 1.89 bits per heavy atom. The molecule has 28 heavy (non-hydrogen) atoms. The predicted octanol–water partition coefficient (Wildman–Crippen LogP) is 3.46. The Hall–Kier alpha value is -2.57. The van der Waals surface area contributed by atoms with Crippen molar-refractivity contribution in [3.05, 3.63) is 59.1 Å². The van der Waals surface area contributed by atoms with Crippen LogP contribution in [-0.4, -0.2) is 47.2 Å². The van der Waals surface area contributed by atoms with Crippen molar-refractivity contribution in [2.45, 2.75) is 31.3 Å². The van der Waals surface area contributed by atoms with Crippen molar-refractivity contribution in [2.24, 2.45) is 0 Å². The Morgan fingerprint density at radius 1 is 1.18 bits per heavy atom. The molecule has 0 radical (unpaired) electrons. The quantitative estimate of drug-likeness (QED) is 0.830. The number of aliphatic hydroxyl groups is 1. The Kier molecular flexibility index (Phi) is 5.00. The molecule has 3 amide bonds. The van der Waals surface area contributed by atoms with Gasteiger partial charge in [0.15, 0.2) is 0 Å². The lowest BCUT2D eigenvalue weighted by Crippen LogP contribution is -2.70. The van der Waals surface area contributed by atoms with Crippen molar-refractivity contribution in [1.29, 1.82) is 0 Å². The monoisotopic (exact) mass is 399 g/mol. The Morgan fingerprint density at radius 3 is 2.57 bits per heavy atom. The van der Waals surface area contributed by atoms with Gasteiger partial charge in [-0.25, -0.2) is 4.79 Å². The number of likely N-dealkylation sites (tertiary alicyclic amines) is 1. The molecule has 7 heteroatoms. The van der Waals surface area contributed by atoms with Crippen molar-refractivity contribution in [3.8, 4) is 0 Å². The fourth-order valence-corrected chi connectivity index (χ4v) is 4.46. The van der Waals surface area contributed by atoms with Crippen LogP contribution in [0.15, 0.2) is 48.5 Å². The highest BCUT2D eigenvalue weighted by Crippen LogP contribution is 2.48. The predicted molar refractivity (Wildman–Crippen MR) is 109 cm³/mol. The second kappa shape index (κ2) is 7.45. The smallest absolute Gasteiger partial charge is 0.326 e. The second-order valence-electron chi connectivity index (χ2n) is 7.10. The van der Waals surface area contributed by atoms with E-state index in [0.717, 1.165) is 11.3 Å². The molecule has 2 aliphatic rings. The van der Waals surface area contributed by atoms with Crippen LogP contribution in [0.4, 0.5) is 16.2 Å². The van der Waals surface area contributed by atoms with E-state index in [4.69, 9.17) is 11.6 Å². The third-order valence-corrected chi connectivity index (χ3v) is 5.87. The van der Waals surface area contributed by atoms with E-state index < -0.39 is 0 Å². The molecule has 1 fully saturated rings. The summed E-state index contributed by atoms with van der Waals surface area (Å²) in [6.45, 7) is 2.12. The zero-order valence-electron chi connectivity index (χ0n) is 15.5. The first-order valence-electron chi connectivity index (χ1n) is 9.40. The van der Waals surface area contributed by atoms with Crippen LogP contribution in [0, 0.1) is 0 Å². The molecule has 2 aromatic carbocycles. The summed E-state index contributed by atoms with van der Waals surface area (Å²) in [6.07, 6.45) is 0.373. The lowest BCUT2D eigenvalue weighted by molar-refractivity contribution is -0.149. The number of benzene rings is 2. The summed E-state index contributed by atoms with van der Waals surface area (Å²) in [5.41, 5.74) is 2.46. The largest absolute Gasteiger partial charge is 0.394 e. The second-order valence-corrected chi connectivity index (χ2v) is 7.54. The molecule has 4 rings (SSSR count). The SMILES string of the molecule is CCC(=O)N1[C@H](CO)[C@@H]2c3ccccc3N(C(=O)Nc3ccc(Cl)cc3)C[C@@H]21. The fourth-order valence-electron chi connectivity index (χ4n) is 4.33. The van der Waals surface area contributed by atoms with Gasteiger partial charge in [-0.3, -0.25) is 9.69 Å². The van der Waals surface area contributed by atoms with Gasteiger partial charge in [0, 0.05) is 35.3 Å². The van der Waals surface area contributed by atoms with Gasteiger partial charge >= 0.3 is 6.03 Å². The molecule has 146 valence electrons. The summed E-state index contributed by atoms with van der Waals surface area (Å²) in [5, 5.41) is 13.4. The maximum atomic E-state index is 13.0. The van der Waals surface area contributed by atoms with E-state index in [1.807, 2.05) is 31.2 Å². The average Bonchev–Trinajstić information content (AvgIpc) is 2.69. The minimum Gasteiger partial charge on any atom is -0.394 e. The summed E-state index contributed by atoms with van der Waals surface area (Å²) >= 11 is 5.91. The van der Waals surface area contributed by atoms with Crippen LogP contribution >= 0.6 is 11.6 Å². The maximum Gasteiger partial charge on any atom is 0.326 e. The molecule has 0 saturated carbocycles. The van der Waals surface area contributed by atoms with E-state index in [2.05, 4.69) is 5.32 Å². The highest BCUT2D eigenvalue weighted by atomic mass is 35.5. The molecule has 2 N–H and O–H groups in total. The molecule has 3 atom stereocenters. The highest BCUT2D eigenvalue weighted by Gasteiger charge is 2.54. The lowest BCUT2D eigenvalue weighted by atomic mass is 9.72. The van der Waals surface area contributed by atoms with Gasteiger partial charge in [0.1, 0.15) is 0 Å². The van der Waals surface area contributed by atoms with E-state index in [1.165, 1.54) is 0 Å². The molecule has 2 aromatic rings. The Balaban J connectivity index is 1.65. The normalized spacial score (nSPS) is 22.8. The van der Waals surface area contributed by atoms with E-state index in [-0.39, 0.29) is 36.5 Å². The average molecular weight is 400 g/mol. The number of hydrogen-bond acceptors (Lipinski definition) is 3. The van der Waals surface area contributed by atoms with Crippen molar-refractivity contribution >= 4 is 34.9 Å². The molecule has 1 saturated heterocycles. The molecule has 0 aromatic heterocycles. The van der Waals surface area contributed by atoms with E-state index in [0.29, 0.717) is 23.7 Å². The van der Waals surface area contributed by atoms with Gasteiger partial charge in [-0.05, 0) is 35.9 Å². The fraction of sp³-hybridized carbons (Fsp3) is 0.333. The Labute approximate surface area is 168 Å². The highest BCUT2D eigenvalue weighted by molar-refractivity contribution is 6.30. The maximum absolute atomic E-state index is 13.0. The lowest BCUT2D eigenvalue weighted by Gasteiger charge is -2.58. The van der Waals surface area contributed by atoms with Gasteiger partial charge in [-0.15, -0.1) is 0 Å². The number of carbonyl (C=O) groups excluding carboxylic acids is 2. The molecule has 0 unspecified atom stereocenters. The third-order valence-electron chi connectivity index (χ3n) is 5.62. The van der Waals surface area contributed by atoms with Crippen LogP contribution in [0.1, 0.15) is 24.8 Å². The van der Waals surface area contributed by atoms with Crippen LogP contribution < -0.4 is 10.2 Å². The van der Waals surface area contributed by atoms with Gasteiger partial charge in [0.25, 0.3) is 0 Å². The van der Waals surface area contributed by atoms with Gasteiger partial charge in [0.05, 0.1) is 18.7 Å². The Bertz CT molecular complexity index is 902. The number of carbonyl (C=O) groups is 2. The van der Waals surface area contributed by atoms with Crippen LogP contribution in [0.3, 0.4) is 0 Å². The van der Waals surface area contributed by atoms with E-state index in [1.54, 1.807) is 34.1 Å². The summed E-state index contributed by atoms with van der Waals surface area (Å²) in [7, 11) is 0. The number of nitrogens with one attached hydrogen (secondary N) is 1. The van der Waals surface area contributed by atoms with Crippen LogP contribution in [-0.2, 0) is 4.79 Å². The van der Waals surface area contributed by atoms with Gasteiger partial charge in [-0.1, -0.05) is 36.7 Å². The minimum atomic E-state index is -0.260. The molecule has 6 nitrogen and oxygen atoms in total. The standard InChI is InChI=1S/C21H22ClN3O3/c1-2-19(27)25-17-11-24(21(28)23-14-9-7-13(22)8-10-14)16-6-4-3-5-15(16)20(17)18(25)12-26/h3-10,17-18,20,26H,2,11-12H2,1H3,(H,23,28)/t17-,18+,20+/m0/s1. The number of amides is 3. The van der Waals surface area contributed by atoms with E-state index in [9.17, 15) is 14.7 Å². The molecule has 0 spiro atoms. The minimum absolute atomic E-state index is 0.00209. The van der Waals surface area contributed by atoms with Crippen molar-refractivity contribution in [1.82, 2.24) is 4.90 Å². The molecular formula is C21H22ClN3O3. The number of fused-ring (bicyclic) bond motifs is 3. The first-order chi connectivity index (χ1) is 13.5. The van der Waals surface area contributed by atoms with Crippen LogP contribution in [0.25, 0.3) is 0 Å². The molecule has 2 aliphatic heterocycles. The van der Waals surface area contributed by atoms with Crippen LogP contribution in [0.5, 0.6) is 0 Å². The molecule has 0 bridgehead atoms. The molecule has 2 heterocycles. The topological polar surface area (TPSA) is 72.9 Å². The van der Waals surface area contributed by atoms with Gasteiger partial charge in [-0.2, -0.15) is 0 Å². The first-order valence-corrected chi connectivity index (χ1v) is 9.78. The first kappa shape index (κ1) is 18.8. The summed E-state index contributed by atoms with van der Waals surface area (Å²) in [4.78, 5) is 28.8. The van der Waals surface area contributed by atoms with Gasteiger partial charge < -0.3 is 15.3 Å². The number of urea groups is 1. The van der Waals surface area contributed by atoms with Crippen LogP contribution in [0.2, 0.25) is 5.02 Å². The van der Waals surface area contributed by atoms with E-state index >= 15 is 0 Å².